The first-order chi connectivity index (χ1) is 14.5. The first-order valence-corrected chi connectivity index (χ1v) is 9.57. The number of amides is 1. The van der Waals surface area contributed by atoms with Crippen molar-refractivity contribution in [3.63, 3.8) is 0 Å². The predicted octanol–water partition coefficient (Wildman–Crippen LogP) is 1.08. The number of hydrogen-bond acceptors (Lipinski definition) is 8. The second kappa shape index (κ2) is 15.9. The number of hydrogen-bond donors (Lipinski definition) is 5. The van der Waals surface area contributed by atoms with Crippen LogP contribution in [0.5, 0.6) is 5.88 Å². The van der Waals surface area contributed by atoms with Crippen molar-refractivity contribution in [2.75, 3.05) is 26.8 Å². The maximum atomic E-state index is 10.9. The summed E-state index contributed by atoms with van der Waals surface area (Å²) in [7, 11) is 1.31. The van der Waals surface area contributed by atoms with Crippen LogP contribution in [-0.2, 0) is 20.7 Å². The van der Waals surface area contributed by atoms with Gasteiger partial charge in [-0.2, -0.15) is 0 Å². The number of nitrogens with one attached hydrogen (secondary N) is 2. The standard InChI is InChI=1S/C15H24ClN3O4.C4H4O4/c1-10(2)18-8-12(20)9-23-14-13(16)6-11(7-19-14)4-5-17-15(21)22-3;5-3(6)1-2-4(7)8/h6-7,10,12,18,20H,4-5,8-9H2,1-3H3,(H,17,21);1-2H,(H,5,6)(H,7,8)/b;2-1+. The number of methoxy groups -OCH3 is 1. The number of alkyl carbamates (subject to hydrolysis) is 1. The molecular weight excluding hydrogens is 434 g/mol. The van der Waals surface area contributed by atoms with E-state index in [1.54, 1.807) is 12.3 Å². The van der Waals surface area contributed by atoms with Crippen molar-refractivity contribution in [3.05, 3.63) is 35.0 Å². The van der Waals surface area contributed by atoms with E-state index in [-0.39, 0.29) is 12.5 Å². The summed E-state index contributed by atoms with van der Waals surface area (Å²) in [5.41, 5.74) is 0.862. The number of ether oxygens (including phenoxy) is 2. The van der Waals surface area contributed by atoms with E-state index in [1.807, 2.05) is 13.8 Å². The molecule has 31 heavy (non-hydrogen) atoms. The van der Waals surface area contributed by atoms with E-state index in [9.17, 15) is 19.5 Å². The third kappa shape index (κ3) is 15.6. The monoisotopic (exact) mass is 461 g/mol. The zero-order valence-electron chi connectivity index (χ0n) is 17.5. The van der Waals surface area contributed by atoms with Gasteiger partial charge in [-0.25, -0.2) is 19.4 Å². The molecule has 11 nitrogen and oxygen atoms in total. The molecule has 0 aliphatic carbocycles. The van der Waals surface area contributed by atoms with Gasteiger partial charge in [0.2, 0.25) is 5.88 Å². The molecule has 12 heteroatoms. The zero-order valence-corrected chi connectivity index (χ0v) is 18.3. The summed E-state index contributed by atoms with van der Waals surface area (Å²) in [6, 6.07) is 2.02. The topological polar surface area (TPSA) is 167 Å². The van der Waals surface area contributed by atoms with Gasteiger partial charge in [-0.1, -0.05) is 25.4 Å². The minimum atomic E-state index is -1.26. The minimum absolute atomic E-state index is 0.107. The van der Waals surface area contributed by atoms with E-state index in [0.29, 0.717) is 42.7 Å². The Morgan fingerprint density at radius 2 is 1.84 bits per heavy atom. The molecule has 1 amide bonds. The fraction of sp³-hybridized carbons (Fsp3) is 0.474. The van der Waals surface area contributed by atoms with Crippen LogP contribution < -0.4 is 15.4 Å². The average Bonchev–Trinajstić information content (AvgIpc) is 2.70. The van der Waals surface area contributed by atoms with Gasteiger partial charge in [0.25, 0.3) is 0 Å². The fourth-order valence-electron chi connectivity index (χ4n) is 1.84. The van der Waals surface area contributed by atoms with Gasteiger partial charge in [-0.05, 0) is 18.1 Å². The Bertz CT molecular complexity index is 727. The summed E-state index contributed by atoms with van der Waals surface area (Å²) in [6.45, 7) is 4.96. The number of aliphatic hydroxyl groups excluding tert-OH is 1. The Balaban J connectivity index is 0.000000954. The summed E-state index contributed by atoms with van der Waals surface area (Å²) in [6.07, 6.45) is 2.19. The molecule has 0 fully saturated rings. The molecule has 0 aliphatic heterocycles. The Hall–Kier alpha value is -2.89. The molecule has 0 radical (unpaired) electrons. The highest BCUT2D eigenvalue weighted by Crippen LogP contribution is 2.22. The number of aliphatic carboxylic acids is 2. The normalized spacial score (nSPS) is 11.4. The lowest BCUT2D eigenvalue weighted by atomic mass is 10.2. The minimum Gasteiger partial charge on any atom is -0.478 e. The van der Waals surface area contributed by atoms with Crippen LogP contribution >= 0.6 is 11.6 Å². The highest BCUT2D eigenvalue weighted by Gasteiger charge is 2.10. The van der Waals surface area contributed by atoms with Gasteiger partial charge in [0, 0.05) is 37.5 Å². The van der Waals surface area contributed by atoms with Crippen molar-refractivity contribution in [1.29, 1.82) is 0 Å². The summed E-state index contributed by atoms with van der Waals surface area (Å²) in [4.78, 5) is 34.2. The maximum Gasteiger partial charge on any atom is 0.406 e. The number of aliphatic hydroxyl groups is 1. The van der Waals surface area contributed by atoms with Crippen molar-refractivity contribution >= 4 is 29.6 Å². The van der Waals surface area contributed by atoms with Crippen LogP contribution in [0.4, 0.5) is 4.79 Å². The molecule has 1 aromatic rings. The third-order valence-corrected chi connectivity index (χ3v) is 3.55. The second-order valence-corrected chi connectivity index (χ2v) is 6.74. The highest BCUT2D eigenvalue weighted by atomic mass is 35.5. The molecule has 0 aromatic carbocycles. The lowest BCUT2D eigenvalue weighted by Crippen LogP contribution is -2.35. The van der Waals surface area contributed by atoms with E-state index in [2.05, 4.69) is 20.4 Å². The van der Waals surface area contributed by atoms with Crippen molar-refractivity contribution in [3.8, 4) is 5.88 Å². The Morgan fingerprint density at radius 1 is 1.23 bits per heavy atom. The third-order valence-electron chi connectivity index (χ3n) is 3.28. The first kappa shape index (κ1) is 28.1. The molecule has 0 saturated heterocycles. The van der Waals surface area contributed by atoms with Crippen LogP contribution in [0.3, 0.4) is 0 Å². The van der Waals surface area contributed by atoms with Crippen molar-refractivity contribution in [2.24, 2.45) is 0 Å². The Kier molecular flexibility index (Phi) is 14.4. The molecule has 1 aromatic heterocycles. The van der Waals surface area contributed by atoms with Gasteiger partial charge in [0.15, 0.2) is 0 Å². The van der Waals surface area contributed by atoms with Gasteiger partial charge in [0.05, 0.1) is 7.11 Å². The molecule has 0 aliphatic rings. The molecule has 0 saturated carbocycles. The Morgan fingerprint density at radius 3 is 2.32 bits per heavy atom. The van der Waals surface area contributed by atoms with Gasteiger partial charge in [-0.15, -0.1) is 0 Å². The zero-order chi connectivity index (χ0) is 23.8. The number of carbonyl (C=O) groups is 3. The van der Waals surface area contributed by atoms with Gasteiger partial charge in [-0.3, -0.25) is 0 Å². The summed E-state index contributed by atoms with van der Waals surface area (Å²) >= 11 is 6.11. The van der Waals surface area contributed by atoms with E-state index in [0.717, 1.165) is 5.56 Å². The molecule has 1 rings (SSSR count). The van der Waals surface area contributed by atoms with Gasteiger partial charge in [0.1, 0.15) is 17.7 Å². The summed E-state index contributed by atoms with van der Waals surface area (Å²) < 4.78 is 9.90. The van der Waals surface area contributed by atoms with E-state index in [4.69, 9.17) is 26.6 Å². The molecular formula is C19H28ClN3O8. The van der Waals surface area contributed by atoms with E-state index in [1.165, 1.54) is 7.11 Å². The molecule has 0 bridgehead atoms. The molecule has 1 unspecified atom stereocenters. The number of carboxylic acid groups (broad SMARTS) is 2. The Labute approximate surface area is 185 Å². The van der Waals surface area contributed by atoms with E-state index < -0.39 is 24.1 Å². The average molecular weight is 462 g/mol. The lowest BCUT2D eigenvalue weighted by molar-refractivity contribution is -0.134. The molecule has 174 valence electrons. The van der Waals surface area contributed by atoms with E-state index >= 15 is 0 Å². The molecule has 0 spiro atoms. The van der Waals surface area contributed by atoms with Gasteiger partial charge >= 0.3 is 18.0 Å². The van der Waals surface area contributed by atoms with Crippen molar-refractivity contribution in [2.45, 2.75) is 32.4 Å². The van der Waals surface area contributed by atoms with Crippen LogP contribution in [0.1, 0.15) is 19.4 Å². The number of rotatable bonds is 11. The van der Waals surface area contributed by atoms with Crippen LogP contribution in [0.2, 0.25) is 5.02 Å². The molecule has 1 heterocycles. The molecule has 1 atom stereocenters. The first-order valence-electron chi connectivity index (χ1n) is 9.19. The van der Waals surface area contributed by atoms with Crippen molar-refractivity contribution in [1.82, 2.24) is 15.6 Å². The number of aromatic nitrogens is 1. The summed E-state index contributed by atoms with van der Waals surface area (Å²) in [5.74, 6) is -2.24. The second-order valence-electron chi connectivity index (χ2n) is 6.34. The fourth-order valence-corrected chi connectivity index (χ4v) is 2.08. The largest absolute Gasteiger partial charge is 0.478 e. The van der Waals surface area contributed by atoms with Crippen LogP contribution in [0.15, 0.2) is 24.4 Å². The van der Waals surface area contributed by atoms with Crippen LogP contribution in [0.25, 0.3) is 0 Å². The summed E-state index contributed by atoms with van der Waals surface area (Å²) in [5, 5.41) is 31.5. The highest BCUT2D eigenvalue weighted by molar-refractivity contribution is 6.31. The lowest BCUT2D eigenvalue weighted by Gasteiger charge is -2.15. The van der Waals surface area contributed by atoms with Crippen LogP contribution in [-0.4, -0.2) is 77.3 Å². The predicted molar refractivity (Wildman–Crippen MR) is 112 cm³/mol. The smallest absolute Gasteiger partial charge is 0.406 e. The number of halogens is 1. The van der Waals surface area contributed by atoms with Crippen LogP contribution in [0, 0.1) is 0 Å². The van der Waals surface area contributed by atoms with Crippen molar-refractivity contribution < 1.29 is 39.2 Å². The number of carbonyl (C=O) groups excluding carboxylic acids is 1. The number of carboxylic acids is 2. The molecule has 5 N–H and O–H groups in total. The maximum absolute atomic E-state index is 10.9. The quantitative estimate of drug-likeness (QED) is 0.301. The van der Waals surface area contributed by atoms with Gasteiger partial charge < -0.3 is 35.4 Å². The number of pyridine rings is 1. The SMILES string of the molecule is COC(=O)NCCc1cnc(OCC(O)CNC(C)C)c(Cl)c1.O=C(O)/C=C/C(=O)O. The number of nitrogens with zero attached hydrogens (tertiary/aromatic N) is 1.